The lowest BCUT2D eigenvalue weighted by Crippen LogP contribution is -2.39. The Morgan fingerprint density at radius 2 is 1.83 bits per heavy atom. The van der Waals surface area contributed by atoms with Gasteiger partial charge in [-0.15, -0.1) is 24.0 Å². The predicted octanol–water partition coefficient (Wildman–Crippen LogP) is 2.68. The number of guanidine groups is 1. The Kier molecular flexibility index (Phi) is 11.2. The SMILES string of the molecule is CCNC(=NCCC(C)C)NCCS(=O)(=O)c1ccccc1.I. The van der Waals surface area contributed by atoms with Crippen molar-refractivity contribution in [3.63, 3.8) is 0 Å². The van der Waals surface area contributed by atoms with E-state index in [4.69, 9.17) is 0 Å². The third-order valence-corrected chi connectivity index (χ3v) is 4.82. The average Bonchev–Trinajstić information content (AvgIpc) is 2.47. The number of halogens is 1. The van der Waals surface area contributed by atoms with E-state index in [0.717, 1.165) is 19.5 Å². The monoisotopic (exact) mass is 453 g/mol. The van der Waals surface area contributed by atoms with E-state index >= 15 is 0 Å². The fraction of sp³-hybridized carbons (Fsp3) is 0.562. The van der Waals surface area contributed by atoms with E-state index in [0.29, 0.717) is 23.3 Å². The maximum Gasteiger partial charge on any atom is 0.191 e. The molecule has 0 saturated carbocycles. The van der Waals surface area contributed by atoms with E-state index in [1.807, 2.05) is 13.0 Å². The molecule has 0 amide bonds. The Labute approximate surface area is 157 Å². The molecular weight excluding hydrogens is 425 g/mol. The molecule has 0 heterocycles. The second-order valence-corrected chi connectivity index (χ2v) is 7.61. The summed E-state index contributed by atoms with van der Waals surface area (Å²) < 4.78 is 24.3. The quantitative estimate of drug-likeness (QED) is 0.361. The van der Waals surface area contributed by atoms with Crippen LogP contribution in [0.2, 0.25) is 0 Å². The molecule has 1 aromatic carbocycles. The number of nitrogens with one attached hydrogen (secondary N) is 2. The fourth-order valence-electron chi connectivity index (χ4n) is 1.83. The van der Waals surface area contributed by atoms with E-state index in [-0.39, 0.29) is 29.7 Å². The molecule has 0 atom stereocenters. The number of hydrogen-bond donors (Lipinski definition) is 2. The Morgan fingerprint density at radius 3 is 2.39 bits per heavy atom. The first kappa shape index (κ1) is 22.2. The van der Waals surface area contributed by atoms with Crippen molar-refractivity contribution in [3.05, 3.63) is 30.3 Å². The Bertz CT molecular complexity index is 560. The highest BCUT2D eigenvalue weighted by atomic mass is 127. The molecule has 2 N–H and O–H groups in total. The lowest BCUT2D eigenvalue weighted by Gasteiger charge is -2.12. The van der Waals surface area contributed by atoms with Crippen LogP contribution in [-0.4, -0.2) is 39.8 Å². The summed E-state index contributed by atoms with van der Waals surface area (Å²) in [6.07, 6.45) is 1.01. The largest absolute Gasteiger partial charge is 0.357 e. The smallest absolute Gasteiger partial charge is 0.191 e. The first-order valence-electron chi connectivity index (χ1n) is 7.75. The topological polar surface area (TPSA) is 70.6 Å². The molecule has 0 spiro atoms. The van der Waals surface area contributed by atoms with Gasteiger partial charge in [-0.1, -0.05) is 32.0 Å². The normalized spacial score (nSPS) is 11.9. The molecule has 7 heteroatoms. The number of sulfone groups is 1. The van der Waals surface area contributed by atoms with Gasteiger partial charge in [0.2, 0.25) is 0 Å². The van der Waals surface area contributed by atoms with Gasteiger partial charge in [-0.25, -0.2) is 8.42 Å². The molecule has 0 fully saturated rings. The van der Waals surface area contributed by atoms with E-state index < -0.39 is 9.84 Å². The molecule has 0 unspecified atom stereocenters. The third kappa shape index (κ3) is 9.14. The van der Waals surface area contributed by atoms with Gasteiger partial charge in [0.05, 0.1) is 10.6 Å². The van der Waals surface area contributed by atoms with Gasteiger partial charge in [-0.05, 0) is 31.4 Å². The van der Waals surface area contributed by atoms with Gasteiger partial charge in [0.15, 0.2) is 15.8 Å². The molecule has 0 aromatic heterocycles. The van der Waals surface area contributed by atoms with Crippen LogP contribution in [0.25, 0.3) is 0 Å². The molecular formula is C16H28IN3O2S. The number of benzene rings is 1. The van der Waals surface area contributed by atoms with Crippen molar-refractivity contribution in [2.45, 2.75) is 32.1 Å². The molecule has 23 heavy (non-hydrogen) atoms. The highest BCUT2D eigenvalue weighted by Gasteiger charge is 2.13. The van der Waals surface area contributed by atoms with Crippen LogP contribution in [0.15, 0.2) is 40.2 Å². The van der Waals surface area contributed by atoms with Gasteiger partial charge in [-0.3, -0.25) is 4.99 Å². The van der Waals surface area contributed by atoms with Crippen LogP contribution in [0.3, 0.4) is 0 Å². The molecule has 0 saturated heterocycles. The molecule has 0 aliphatic heterocycles. The zero-order valence-electron chi connectivity index (χ0n) is 14.1. The van der Waals surface area contributed by atoms with Crippen LogP contribution >= 0.6 is 24.0 Å². The van der Waals surface area contributed by atoms with Crippen molar-refractivity contribution < 1.29 is 8.42 Å². The molecule has 0 aliphatic rings. The summed E-state index contributed by atoms with van der Waals surface area (Å²) in [5.74, 6) is 1.32. The van der Waals surface area contributed by atoms with Crippen molar-refractivity contribution in [2.75, 3.05) is 25.4 Å². The summed E-state index contributed by atoms with van der Waals surface area (Å²) in [7, 11) is -3.25. The van der Waals surface area contributed by atoms with Crippen molar-refractivity contribution >= 4 is 39.8 Å². The zero-order valence-corrected chi connectivity index (χ0v) is 17.2. The molecule has 132 valence electrons. The number of nitrogens with zero attached hydrogens (tertiary/aromatic N) is 1. The molecule has 1 aromatic rings. The molecule has 0 radical (unpaired) electrons. The molecule has 0 aliphatic carbocycles. The standard InChI is InChI=1S/C16H27N3O2S.HI/c1-4-17-16(18-11-10-14(2)3)19-12-13-22(20,21)15-8-6-5-7-9-15;/h5-9,14H,4,10-13H2,1-3H3,(H2,17,18,19);1H. The molecule has 1 rings (SSSR count). The highest BCUT2D eigenvalue weighted by molar-refractivity contribution is 14.0. The van der Waals surface area contributed by atoms with E-state index in [1.54, 1.807) is 24.3 Å². The summed E-state index contributed by atoms with van der Waals surface area (Å²) >= 11 is 0. The van der Waals surface area contributed by atoms with E-state index in [1.165, 1.54) is 0 Å². The van der Waals surface area contributed by atoms with E-state index in [9.17, 15) is 8.42 Å². The second-order valence-electron chi connectivity index (χ2n) is 5.50. The lowest BCUT2D eigenvalue weighted by atomic mass is 10.1. The number of hydrogen-bond acceptors (Lipinski definition) is 3. The van der Waals surface area contributed by atoms with Gasteiger partial charge in [0.1, 0.15) is 0 Å². The van der Waals surface area contributed by atoms with Crippen LogP contribution in [-0.2, 0) is 9.84 Å². The Hall–Kier alpha value is -0.830. The van der Waals surface area contributed by atoms with Gasteiger partial charge >= 0.3 is 0 Å². The minimum Gasteiger partial charge on any atom is -0.357 e. The zero-order chi connectivity index (χ0) is 16.4. The van der Waals surface area contributed by atoms with Crippen molar-refractivity contribution in [3.8, 4) is 0 Å². The minimum atomic E-state index is -3.25. The first-order valence-corrected chi connectivity index (χ1v) is 9.41. The summed E-state index contributed by atoms with van der Waals surface area (Å²) in [4.78, 5) is 4.81. The van der Waals surface area contributed by atoms with Crippen LogP contribution in [0.1, 0.15) is 27.2 Å². The molecule has 0 bridgehead atoms. The number of aliphatic imine (C=N–C) groups is 1. The summed E-state index contributed by atoms with van der Waals surface area (Å²) in [5, 5.41) is 6.21. The van der Waals surface area contributed by atoms with Crippen molar-refractivity contribution in [1.29, 1.82) is 0 Å². The van der Waals surface area contributed by atoms with E-state index in [2.05, 4.69) is 29.5 Å². The average molecular weight is 453 g/mol. The van der Waals surface area contributed by atoms with Crippen LogP contribution in [0.5, 0.6) is 0 Å². The van der Waals surface area contributed by atoms with Gasteiger partial charge in [0.25, 0.3) is 0 Å². The van der Waals surface area contributed by atoms with Crippen molar-refractivity contribution in [1.82, 2.24) is 10.6 Å². The van der Waals surface area contributed by atoms with Crippen LogP contribution in [0, 0.1) is 5.92 Å². The second kappa shape index (κ2) is 11.7. The van der Waals surface area contributed by atoms with Crippen molar-refractivity contribution in [2.24, 2.45) is 10.9 Å². The summed E-state index contributed by atoms with van der Waals surface area (Å²) in [6, 6.07) is 8.52. The lowest BCUT2D eigenvalue weighted by molar-refractivity contribution is 0.592. The minimum absolute atomic E-state index is 0. The Morgan fingerprint density at radius 1 is 1.17 bits per heavy atom. The first-order chi connectivity index (χ1) is 10.5. The maximum absolute atomic E-state index is 12.2. The van der Waals surface area contributed by atoms with Gasteiger partial charge in [0, 0.05) is 19.6 Å². The summed E-state index contributed by atoms with van der Waals surface area (Å²) in [5.41, 5.74) is 0. The number of rotatable bonds is 8. The predicted molar refractivity (Wildman–Crippen MR) is 107 cm³/mol. The van der Waals surface area contributed by atoms with Crippen LogP contribution < -0.4 is 10.6 Å². The third-order valence-electron chi connectivity index (χ3n) is 3.09. The highest BCUT2D eigenvalue weighted by Crippen LogP contribution is 2.09. The summed E-state index contributed by atoms with van der Waals surface area (Å²) in [6.45, 7) is 8.12. The van der Waals surface area contributed by atoms with Crippen LogP contribution in [0.4, 0.5) is 0 Å². The fourth-order valence-corrected chi connectivity index (χ4v) is 3.00. The maximum atomic E-state index is 12.2. The molecule has 5 nitrogen and oxygen atoms in total. The van der Waals surface area contributed by atoms with Gasteiger partial charge in [-0.2, -0.15) is 0 Å². The van der Waals surface area contributed by atoms with Gasteiger partial charge < -0.3 is 10.6 Å². The Balaban J connectivity index is 0.00000484.